The molecule has 1 aliphatic rings. The summed E-state index contributed by atoms with van der Waals surface area (Å²) in [5.41, 5.74) is -0.717. The van der Waals surface area contributed by atoms with Gasteiger partial charge in [-0.25, -0.2) is 0 Å². The van der Waals surface area contributed by atoms with Crippen molar-refractivity contribution in [2.75, 3.05) is 13.1 Å². The maximum atomic E-state index is 12.1. The van der Waals surface area contributed by atoms with Gasteiger partial charge in [0, 0.05) is 19.1 Å². The van der Waals surface area contributed by atoms with Gasteiger partial charge in [0.05, 0.1) is 11.5 Å². The van der Waals surface area contributed by atoms with Crippen LogP contribution in [0.3, 0.4) is 0 Å². The molecule has 3 atom stereocenters. The van der Waals surface area contributed by atoms with Crippen LogP contribution in [0, 0.1) is 11.3 Å². The van der Waals surface area contributed by atoms with Crippen LogP contribution in [-0.4, -0.2) is 47.1 Å². The lowest BCUT2D eigenvalue weighted by atomic mass is 9.76. The van der Waals surface area contributed by atoms with Gasteiger partial charge in [0.2, 0.25) is 5.91 Å². The lowest BCUT2D eigenvalue weighted by Gasteiger charge is -2.30. The molecule has 116 valence electrons. The van der Waals surface area contributed by atoms with Gasteiger partial charge in [-0.05, 0) is 32.6 Å². The molecule has 1 saturated heterocycles. The van der Waals surface area contributed by atoms with Crippen LogP contribution in [0.4, 0.5) is 0 Å². The first kappa shape index (κ1) is 17.0. The Balaban J connectivity index is 2.71. The predicted molar refractivity (Wildman–Crippen MR) is 78.5 cm³/mol. The number of hydrogen-bond acceptors (Lipinski definition) is 3. The number of amides is 1. The van der Waals surface area contributed by atoms with Crippen LogP contribution in [0.15, 0.2) is 0 Å². The van der Waals surface area contributed by atoms with E-state index in [-0.39, 0.29) is 23.9 Å². The van der Waals surface area contributed by atoms with E-state index in [4.69, 9.17) is 0 Å². The maximum absolute atomic E-state index is 12.1. The molecule has 1 heterocycles. The topological polar surface area (TPSA) is 69.6 Å². The number of carboxylic acid groups (broad SMARTS) is 1. The van der Waals surface area contributed by atoms with Crippen molar-refractivity contribution in [3.05, 3.63) is 0 Å². The third-order valence-corrected chi connectivity index (χ3v) is 4.79. The molecule has 0 radical (unpaired) electrons. The molecule has 2 N–H and O–H groups in total. The Morgan fingerprint density at radius 3 is 2.30 bits per heavy atom. The molecule has 0 bridgehead atoms. The molecule has 3 unspecified atom stereocenters. The molecule has 20 heavy (non-hydrogen) atoms. The van der Waals surface area contributed by atoms with Gasteiger partial charge in [-0.1, -0.05) is 20.8 Å². The fourth-order valence-corrected chi connectivity index (χ4v) is 2.72. The van der Waals surface area contributed by atoms with Gasteiger partial charge in [0.25, 0.3) is 0 Å². The van der Waals surface area contributed by atoms with Crippen LogP contribution in [0.5, 0.6) is 0 Å². The number of nitrogens with one attached hydrogen (secondary N) is 1. The first-order chi connectivity index (χ1) is 9.24. The van der Waals surface area contributed by atoms with Crippen LogP contribution in [-0.2, 0) is 9.59 Å². The molecule has 1 amide bonds. The summed E-state index contributed by atoms with van der Waals surface area (Å²) >= 11 is 0. The monoisotopic (exact) mass is 284 g/mol. The molecule has 5 heteroatoms. The zero-order chi connectivity index (χ0) is 15.5. The third kappa shape index (κ3) is 3.32. The predicted octanol–water partition coefficient (Wildman–Crippen LogP) is 1.72. The summed E-state index contributed by atoms with van der Waals surface area (Å²) in [7, 11) is 0. The van der Waals surface area contributed by atoms with Crippen molar-refractivity contribution in [1.29, 1.82) is 0 Å². The third-order valence-electron chi connectivity index (χ3n) is 4.79. The quantitative estimate of drug-likeness (QED) is 0.779. The highest BCUT2D eigenvalue weighted by atomic mass is 16.4. The summed E-state index contributed by atoms with van der Waals surface area (Å²) < 4.78 is 0. The van der Waals surface area contributed by atoms with E-state index in [2.05, 4.69) is 5.32 Å². The summed E-state index contributed by atoms with van der Waals surface area (Å²) in [5.74, 6) is -0.691. The Morgan fingerprint density at radius 2 is 1.90 bits per heavy atom. The molecule has 0 spiro atoms. The lowest BCUT2D eigenvalue weighted by molar-refractivity contribution is -0.151. The van der Waals surface area contributed by atoms with E-state index in [9.17, 15) is 14.7 Å². The summed E-state index contributed by atoms with van der Waals surface area (Å²) in [6, 6.07) is -0.120. The Labute approximate surface area is 121 Å². The molecule has 0 aromatic carbocycles. The summed E-state index contributed by atoms with van der Waals surface area (Å²) in [6.07, 6.45) is 1.50. The number of aliphatic carboxylic acids is 1. The number of rotatable bonds is 6. The SMILES string of the molecule is CCC(C)NC(=O)C(C)N1CCC(C(=O)O)(C(C)C)C1. The maximum Gasteiger partial charge on any atom is 0.311 e. The standard InChI is InChI=1S/C15H28N2O3/c1-6-11(4)16-13(18)12(5)17-8-7-15(9-17,10(2)3)14(19)20/h10-12H,6-9H2,1-5H3,(H,16,18)(H,19,20). The second-order valence-electron chi connectivity index (χ2n) is 6.33. The number of hydrogen-bond donors (Lipinski definition) is 2. The van der Waals surface area contributed by atoms with E-state index in [1.807, 2.05) is 39.5 Å². The average molecular weight is 284 g/mol. The second-order valence-corrected chi connectivity index (χ2v) is 6.33. The smallest absolute Gasteiger partial charge is 0.311 e. The van der Waals surface area contributed by atoms with Gasteiger partial charge in [-0.3, -0.25) is 14.5 Å². The van der Waals surface area contributed by atoms with Crippen molar-refractivity contribution >= 4 is 11.9 Å². The van der Waals surface area contributed by atoms with E-state index in [1.54, 1.807) is 0 Å². The Bertz CT molecular complexity index is 370. The van der Waals surface area contributed by atoms with Gasteiger partial charge >= 0.3 is 5.97 Å². The van der Waals surface area contributed by atoms with Crippen molar-refractivity contribution in [3.8, 4) is 0 Å². The van der Waals surface area contributed by atoms with Crippen LogP contribution < -0.4 is 5.32 Å². The summed E-state index contributed by atoms with van der Waals surface area (Å²) in [4.78, 5) is 25.7. The number of nitrogens with zero attached hydrogens (tertiary/aromatic N) is 1. The van der Waals surface area contributed by atoms with Crippen LogP contribution in [0.2, 0.25) is 0 Å². The molecular formula is C15H28N2O3. The van der Waals surface area contributed by atoms with Crippen LogP contribution >= 0.6 is 0 Å². The Hall–Kier alpha value is -1.10. The molecule has 1 fully saturated rings. The van der Waals surface area contributed by atoms with E-state index in [0.29, 0.717) is 19.5 Å². The Kier molecular flexibility index (Phi) is 5.57. The highest BCUT2D eigenvalue weighted by Crippen LogP contribution is 2.38. The van der Waals surface area contributed by atoms with Crippen LogP contribution in [0.1, 0.15) is 47.5 Å². The van der Waals surface area contributed by atoms with Gasteiger partial charge in [0.1, 0.15) is 0 Å². The Morgan fingerprint density at radius 1 is 1.30 bits per heavy atom. The van der Waals surface area contributed by atoms with E-state index >= 15 is 0 Å². The number of likely N-dealkylation sites (tertiary alicyclic amines) is 1. The molecule has 0 saturated carbocycles. The molecule has 0 aliphatic carbocycles. The first-order valence-corrected chi connectivity index (χ1v) is 7.52. The van der Waals surface area contributed by atoms with Crippen molar-refractivity contribution in [2.45, 2.75) is 59.5 Å². The minimum absolute atomic E-state index is 0.00991. The normalized spacial score (nSPS) is 26.5. The van der Waals surface area contributed by atoms with E-state index in [1.165, 1.54) is 0 Å². The highest BCUT2D eigenvalue weighted by Gasteiger charge is 2.48. The fourth-order valence-electron chi connectivity index (χ4n) is 2.72. The average Bonchev–Trinajstić information content (AvgIpc) is 2.83. The van der Waals surface area contributed by atoms with Gasteiger partial charge in [-0.2, -0.15) is 0 Å². The zero-order valence-electron chi connectivity index (χ0n) is 13.3. The van der Waals surface area contributed by atoms with Crippen molar-refractivity contribution in [3.63, 3.8) is 0 Å². The largest absolute Gasteiger partial charge is 0.481 e. The van der Waals surface area contributed by atoms with Gasteiger partial charge < -0.3 is 10.4 Å². The van der Waals surface area contributed by atoms with Gasteiger partial charge in [-0.15, -0.1) is 0 Å². The summed E-state index contributed by atoms with van der Waals surface area (Å²) in [5, 5.41) is 12.5. The van der Waals surface area contributed by atoms with Crippen molar-refractivity contribution < 1.29 is 14.7 Å². The summed E-state index contributed by atoms with van der Waals surface area (Å²) in [6.45, 7) is 10.9. The molecule has 1 aliphatic heterocycles. The molecule has 0 aromatic rings. The molecule has 5 nitrogen and oxygen atoms in total. The van der Waals surface area contributed by atoms with E-state index < -0.39 is 11.4 Å². The van der Waals surface area contributed by atoms with Crippen molar-refractivity contribution in [1.82, 2.24) is 10.2 Å². The second kappa shape index (κ2) is 6.57. The highest BCUT2D eigenvalue weighted by molar-refractivity contribution is 5.82. The first-order valence-electron chi connectivity index (χ1n) is 7.52. The minimum atomic E-state index is -0.746. The molecule has 0 aromatic heterocycles. The van der Waals surface area contributed by atoms with Crippen LogP contribution in [0.25, 0.3) is 0 Å². The number of carboxylic acids is 1. The lowest BCUT2D eigenvalue weighted by Crippen LogP contribution is -2.48. The minimum Gasteiger partial charge on any atom is -0.481 e. The fraction of sp³-hybridized carbons (Fsp3) is 0.867. The number of carbonyl (C=O) groups is 2. The number of carbonyl (C=O) groups excluding carboxylic acids is 1. The zero-order valence-corrected chi connectivity index (χ0v) is 13.3. The van der Waals surface area contributed by atoms with Gasteiger partial charge in [0.15, 0.2) is 0 Å². The van der Waals surface area contributed by atoms with Crippen molar-refractivity contribution in [2.24, 2.45) is 11.3 Å². The van der Waals surface area contributed by atoms with E-state index in [0.717, 1.165) is 6.42 Å². The molecular weight excluding hydrogens is 256 g/mol. The molecule has 1 rings (SSSR count).